The molecular formula is C43H46F4N10O6. The first-order valence-electron chi connectivity index (χ1n) is 20.3. The second-order valence-corrected chi connectivity index (χ2v) is 15.8. The fraction of sp³-hybridized carbons (Fsp3) is 0.372. The van der Waals surface area contributed by atoms with Gasteiger partial charge in [-0.3, -0.25) is 14.4 Å². The predicted octanol–water partition coefficient (Wildman–Crippen LogP) is 6.94. The minimum Gasteiger partial charge on any atom is -0.453 e. The van der Waals surface area contributed by atoms with Crippen LogP contribution in [0.4, 0.5) is 33.9 Å². The minimum absolute atomic E-state index is 0.0215. The second kappa shape index (κ2) is 18.2. The lowest BCUT2D eigenvalue weighted by Crippen LogP contribution is -2.58. The highest BCUT2D eigenvalue weighted by Gasteiger charge is 2.38. The number of ether oxygens (including phenoxy) is 2. The highest BCUT2D eigenvalue weighted by Crippen LogP contribution is 2.39. The number of anilines is 2. The van der Waals surface area contributed by atoms with Crippen LogP contribution in [0, 0.1) is 11.7 Å². The zero-order chi connectivity index (χ0) is 45.2. The van der Waals surface area contributed by atoms with Crippen molar-refractivity contribution < 1.29 is 46.2 Å². The number of carbonyl (C=O) groups excluding carboxylic acids is 4. The molecule has 0 aliphatic carbocycles. The van der Waals surface area contributed by atoms with Crippen molar-refractivity contribution >= 4 is 35.3 Å². The van der Waals surface area contributed by atoms with Gasteiger partial charge >= 0.3 is 12.5 Å². The quantitative estimate of drug-likeness (QED) is 0.101. The number of piperazine rings is 1. The summed E-state index contributed by atoms with van der Waals surface area (Å²) >= 11 is 0. The predicted molar refractivity (Wildman–Crippen MR) is 222 cm³/mol. The summed E-state index contributed by atoms with van der Waals surface area (Å²) in [6.07, 6.45) is 1.39. The number of hydrogen-bond donors (Lipinski definition) is 4. The van der Waals surface area contributed by atoms with Gasteiger partial charge in [-0.05, 0) is 56.4 Å². The standard InChI is InChI=1S/C43H46F4N10O6/c1-23(2)37(54-42(61)62-5)41(60)55-14-6-7-34(55)38-50-19-32(52-38)27-10-8-26(9-11-27)29-15-30(44)31(16-35(29)63-43(45,46)47)53-39(58)28-12-13-36(49-17-28)56-20-25(4)57(21-24(56)3)40(59)33-18-48-22-51-33/h8-13,15-19,22-25,34,37H,6-7,14,20-21H2,1-5H3,(H,48,51)(H,50,52)(H,53,58)(H,54,61)/t24-,25+,34+,37+/m1/s1. The van der Waals surface area contributed by atoms with Gasteiger partial charge in [0.15, 0.2) is 0 Å². The number of alkyl carbamates (subject to hydrolysis) is 1. The number of nitrogens with zero attached hydrogens (tertiary/aromatic N) is 6. The fourth-order valence-corrected chi connectivity index (χ4v) is 7.89. The van der Waals surface area contributed by atoms with Gasteiger partial charge in [-0.1, -0.05) is 38.1 Å². The average molecular weight is 875 g/mol. The number of alkyl halides is 3. The molecule has 0 saturated carbocycles. The van der Waals surface area contributed by atoms with Crippen LogP contribution in [0.5, 0.6) is 5.75 Å². The summed E-state index contributed by atoms with van der Waals surface area (Å²) < 4.78 is 65.9. The lowest BCUT2D eigenvalue weighted by Gasteiger charge is -2.44. The normalized spacial score (nSPS) is 18.3. The zero-order valence-corrected chi connectivity index (χ0v) is 35.0. The van der Waals surface area contributed by atoms with E-state index in [4.69, 9.17) is 9.72 Å². The Hall–Kier alpha value is -6.99. The molecule has 2 aliphatic rings. The van der Waals surface area contributed by atoms with Gasteiger partial charge in [-0.25, -0.2) is 24.1 Å². The lowest BCUT2D eigenvalue weighted by molar-refractivity contribution is -0.274. The van der Waals surface area contributed by atoms with Gasteiger partial charge in [0.05, 0.1) is 36.4 Å². The highest BCUT2D eigenvalue weighted by molar-refractivity contribution is 6.04. The molecule has 2 aromatic carbocycles. The Bertz CT molecular complexity index is 2440. The van der Waals surface area contributed by atoms with Crippen LogP contribution in [-0.4, -0.2) is 110 Å². The van der Waals surface area contributed by atoms with Crippen LogP contribution in [-0.2, 0) is 9.53 Å². The van der Waals surface area contributed by atoms with Gasteiger partial charge in [-0.2, -0.15) is 0 Å². The molecular weight excluding hydrogens is 829 g/mol. The molecule has 3 aromatic heterocycles. The first kappa shape index (κ1) is 44.1. The van der Waals surface area contributed by atoms with Gasteiger partial charge in [0.2, 0.25) is 5.91 Å². The number of aromatic nitrogens is 5. The van der Waals surface area contributed by atoms with Gasteiger partial charge in [0.1, 0.15) is 34.9 Å². The molecule has 0 unspecified atom stereocenters. The van der Waals surface area contributed by atoms with Crippen molar-refractivity contribution in [1.82, 2.24) is 40.0 Å². The largest absolute Gasteiger partial charge is 0.573 e. The number of likely N-dealkylation sites (tertiary alicyclic amines) is 1. The molecule has 2 aliphatic heterocycles. The number of halogens is 4. The van der Waals surface area contributed by atoms with E-state index in [-0.39, 0.29) is 46.5 Å². The molecule has 2 fully saturated rings. The SMILES string of the molecule is COC(=O)N[C@H](C(=O)N1CCC[C@H]1c1nc(-c2ccc(-c3cc(F)c(NC(=O)c4ccc(N5C[C@H](C)N(C(=O)c6c[nH]cn6)C[C@H]5C)nc4)cc3OC(F)(F)F)cc2)c[nH]1)C(C)C. The second-order valence-electron chi connectivity index (χ2n) is 15.8. The van der Waals surface area contributed by atoms with Gasteiger partial charge in [0.25, 0.3) is 11.8 Å². The van der Waals surface area contributed by atoms with Crippen molar-refractivity contribution in [2.24, 2.45) is 5.92 Å². The first-order valence-corrected chi connectivity index (χ1v) is 20.3. The summed E-state index contributed by atoms with van der Waals surface area (Å²) in [5.74, 6) is -2.20. The minimum atomic E-state index is -5.15. The topological polar surface area (TPSA) is 191 Å². The van der Waals surface area contributed by atoms with Gasteiger partial charge in [-0.15, -0.1) is 13.2 Å². The van der Waals surface area contributed by atoms with Gasteiger partial charge in [0, 0.05) is 67.5 Å². The number of benzene rings is 2. The van der Waals surface area contributed by atoms with Crippen LogP contribution in [0.1, 0.15) is 73.2 Å². The maximum Gasteiger partial charge on any atom is 0.573 e. The maximum absolute atomic E-state index is 15.7. The number of aromatic amines is 2. The van der Waals surface area contributed by atoms with E-state index >= 15 is 4.39 Å². The Kier molecular flexibility index (Phi) is 12.7. The van der Waals surface area contributed by atoms with Crippen LogP contribution >= 0.6 is 0 Å². The molecule has 20 heteroatoms. The van der Waals surface area contributed by atoms with E-state index in [1.165, 1.54) is 44.0 Å². The summed E-state index contributed by atoms with van der Waals surface area (Å²) in [5, 5.41) is 4.95. The summed E-state index contributed by atoms with van der Waals surface area (Å²) in [6, 6.07) is 9.36. The first-order chi connectivity index (χ1) is 30.0. The Labute approximate surface area is 359 Å². The Morgan fingerprint density at radius 1 is 0.937 bits per heavy atom. The molecule has 2 saturated heterocycles. The molecule has 4 atom stereocenters. The third-order valence-corrected chi connectivity index (χ3v) is 11.1. The van der Waals surface area contributed by atoms with E-state index in [9.17, 15) is 32.3 Å². The number of pyridine rings is 1. The summed E-state index contributed by atoms with van der Waals surface area (Å²) in [7, 11) is 1.22. The van der Waals surface area contributed by atoms with E-state index in [1.807, 2.05) is 32.6 Å². The molecule has 4 amide bonds. The number of H-pyrrole nitrogens is 2. The molecule has 5 heterocycles. The molecule has 4 N–H and O–H groups in total. The monoisotopic (exact) mass is 874 g/mol. The van der Waals surface area contributed by atoms with Crippen molar-refractivity contribution in [2.45, 2.75) is 71.1 Å². The number of nitrogens with one attached hydrogen (secondary N) is 4. The van der Waals surface area contributed by atoms with Crippen LogP contribution in [0.25, 0.3) is 22.4 Å². The summed E-state index contributed by atoms with van der Waals surface area (Å²) in [6.45, 7) is 8.78. The molecule has 0 spiro atoms. The maximum atomic E-state index is 15.7. The molecule has 16 nitrogen and oxygen atoms in total. The number of carbonyl (C=O) groups is 4. The smallest absolute Gasteiger partial charge is 0.453 e. The molecule has 0 radical (unpaired) electrons. The van der Waals surface area contributed by atoms with Crippen LogP contribution in [0.3, 0.4) is 0 Å². The van der Waals surface area contributed by atoms with Gasteiger partial charge < -0.3 is 44.8 Å². The van der Waals surface area contributed by atoms with Crippen LogP contribution in [0.15, 0.2) is 73.4 Å². The Morgan fingerprint density at radius 2 is 1.68 bits per heavy atom. The lowest BCUT2D eigenvalue weighted by atomic mass is 10.0. The third-order valence-electron chi connectivity index (χ3n) is 11.1. The van der Waals surface area contributed by atoms with Crippen molar-refractivity contribution in [3.05, 3.63) is 96.3 Å². The van der Waals surface area contributed by atoms with Crippen LogP contribution < -0.4 is 20.3 Å². The number of imidazole rings is 2. The summed E-state index contributed by atoms with van der Waals surface area (Å²) in [5.41, 5.74) is 0.822. The number of hydrogen-bond acceptors (Lipinski definition) is 10. The van der Waals surface area contributed by atoms with E-state index in [0.29, 0.717) is 61.1 Å². The van der Waals surface area contributed by atoms with Crippen molar-refractivity contribution in [1.29, 1.82) is 0 Å². The van der Waals surface area contributed by atoms with E-state index in [1.54, 1.807) is 34.2 Å². The molecule has 5 aromatic rings. The molecule has 63 heavy (non-hydrogen) atoms. The Balaban J connectivity index is 1.04. The molecule has 0 bridgehead atoms. The van der Waals surface area contributed by atoms with Crippen LogP contribution in [0.2, 0.25) is 0 Å². The Morgan fingerprint density at radius 3 is 2.33 bits per heavy atom. The third kappa shape index (κ3) is 9.74. The van der Waals surface area contributed by atoms with Crippen molar-refractivity contribution in [2.75, 3.05) is 37.0 Å². The van der Waals surface area contributed by atoms with E-state index in [2.05, 4.69) is 35.3 Å². The molecule has 332 valence electrons. The van der Waals surface area contributed by atoms with E-state index in [0.717, 1.165) is 12.1 Å². The fourth-order valence-electron chi connectivity index (χ4n) is 7.89. The van der Waals surface area contributed by atoms with Crippen molar-refractivity contribution in [3.63, 3.8) is 0 Å². The number of rotatable bonds is 11. The number of amides is 4. The molecule has 7 rings (SSSR count). The highest BCUT2D eigenvalue weighted by atomic mass is 19.4. The van der Waals surface area contributed by atoms with Crippen molar-refractivity contribution in [3.8, 4) is 28.1 Å². The number of methoxy groups -OCH3 is 1. The zero-order valence-electron chi connectivity index (χ0n) is 35.0. The van der Waals surface area contributed by atoms with E-state index < -0.39 is 47.7 Å². The average Bonchev–Trinajstić information content (AvgIpc) is 4.07. The summed E-state index contributed by atoms with van der Waals surface area (Å²) in [4.78, 5) is 76.2.